The molecule has 3 nitrogen and oxygen atoms in total. The van der Waals surface area contributed by atoms with Crippen LogP contribution in [-0.2, 0) is 0 Å². The van der Waals surface area contributed by atoms with Gasteiger partial charge in [-0.05, 0) is 44.0 Å². The summed E-state index contributed by atoms with van der Waals surface area (Å²) in [5, 5.41) is 3.53. The molecule has 4 heteroatoms. The van der Waals surface area contributed by atoms with Crippen LogP contribution in [0, 0.1) is 11.7 Å². The standard InChI is InChI=1S/C14H19FN2O/c1-18-14-8-11(15)2-3-12(14)16-13-9-17-6-4-10(13)5-7-17/h2-3,8,10,13,16H,4-7,9H2,1H3. The van der Waals surface area contributed by atoms with Crippen LogP contribution in [0.5, 0.6) is 5.75 Å². The SMILES string of the molecule is COc1cc(F)ccc1NC1CN2CCC1CC2. The molecular formula is C14H19FN2O. The summed E-state index contributed by atoms with van der Waals surface area (Å²) in [7, 11) is 1.58. The molecule has 0 amide bonds. The molecule has 4 rings (SSSR count). The van der Waals surface area contributed by atoms with Gasteiger partial charge in [-0.2, -0.15) is 0 Å². The summed E-state index contributed by atoms with van der Waals surface area (Å²) < 4.78 is 18.4. The Kier molecular flexibility index (Phi) is 3.12. The van der Waals surface area contributed by atoms with Gasteiger partial charge in [0.15, 0.2) is 0 Å². The smallest absolute Gasteiger partial charge is 0.144 e. The van der Waals surface area contributed by atoms with Gasteiger partial charge in [0, 0.05) is 18.7 Å². The van der Waals surface area contributed by atoms with E-state index in [-0.39, 0.29) is 5.82 Å². The second-order valence-corrected chi connectivity index (χ2v) is 5.23. The van der Waals surface area contributed by atoms with E-state index in [0.29, 0.717) is 11.8 Å². The van der Waals surface area contributed by atoms with Crippen LogP contribution in [-0.4, -0.2) is 37.7 Å². The van der Waals surface area contributed by atoms with E-state index in [1.54, 1.807) is 13.2 Å². The first-order valence-corrected chi connectivity index (χ1v) is 6.58. The van der Waals surface area contributed by atoms with Crippen molar-refractivity contribution in [3.05, 3.63) is 24.0 Å². The number of halogens is 1. The first-order valence-electron chi connectivity index (χ1n) is 6.58. The van der Waals surface area contributed by atoms with Gasteiger partial charge in [0.2, 0.25) is 0 Å². The number of nitrogens with one attached hydrogen (secondary N) is 1. The van der Waals surface area contributed by atoms with Gasteiger partial charge in [-0.3, -0.25) is 0 Å². The fourth-order valence-electron chi connectivity index (χ4n) is 3.11. The van der Waals surface area contributed by atoms with Gasteiger partial charge in [-0.15, -0.1) is 0 Å². The number of hydrogen-bond acceptors (Lipinski definition) is 3. The molecule has 1 N–H and O–H groups in total. The van der Waals surface area contributed by atoms with Crippen molar-refractivity contribution in [3.8, 4) is 5.75 Å². The number of methoxy groups -OCH3 is 1. The predicted octanol–water partition coefficient (Wildman–Crippen LogP) is 2.34. The van der Waals surface area contributed by atoms with Crippen molar-refractivity contribution in [2.24, 2.45) is 5.92 Å². The summed E-state index contributed by atoms with van der Waals surface area (Å²) in [6, 6.07) is 5.15. The van der Waals surface area contributed by atoms with Crippen molar-refractivity contribution < 1.29 is 9.13 Å². The minimum atomic E-state index is -0.258. The van der Waals surface area contributed by atoms with Crippen molar-refractivity contribution >= 4 is 5.69 Å². The van der Waals surface area contributed by atoms with E-state index in [4.69, 9.17) is 4.74 Å². The number of ether oxygens (including phenoxy) is 1. The van der Waals surface area contributed by atoms with Gasteiger partial charge in [0.25, 0.3) is 0 Å². The largest absolute Gasteiger partial charge is 0.494 e. The number of rotatable bonds is 3. The van der Waals surface area contributed by atoms with Gasteiger partial charge in [-0.1, -0.05) is 0 Å². The maximum absolute atomic E-state index is 13.1. The lowest BCUT2D eigenvalue weighted by atomic mass is 9.84. The topological polar surface area (TPSA) is 24.5 Å². The Balaban J connectivity index is 1.76. The molecule has 1 atom stereocenters. The Labute approximate surface area is 107 Å². The Hall–Kier alpha value is -1.29. The maximum atomic E-state index is 13.1. The van der Waals surface area contributed by atoms with Crippen molar-refractivity contribution in [3.63, 3.8) is 0 Å². The zero-order valence-corrected chi connectivity index (χ0v) is 10.7. The summed E-state index contributed by atoms with van der Waals surface area (Å²) in [6.45, 7) is 3.54. The van der Waals surface area contributed by atoms with Crippen LogP contribution in [0.15, 0.2) is 18.2 Å². The Morgan fingerprint density at radius 2 is 2.11 bits per heavy atom. The number of anilines is 1. The minimum absolute atomic E-state index is 0.258. The monoisotopic (exact) mass is 250 g/mol. The molecular weight excluding hydrogens is 231 g/mol. The number of fused-ring (bicyclic) bond motifs is 3. The van der Waals surface area contributed by atoms with E-state index >= 15 is 0 Å². The highest BCUT2D eigenvalue weighted by atomic mass is 19.1. The normalized spacial score (nSPS) is 30.2. The molecule has 0 radical (unpaired) electrons. The van der Waals surface area contributed by atoms with Crippen LogP contribution >= 0.6 is 0 Å². The molecule has 1 unspecified atom stereocenters. The Bertz CT molecular complexity index is 430. The average molecular weight is 250 g/mol. The Morgan fingerprint density at radius 3 is 2.72 bits per heavy atom. The number of nitrogens with zero attached hydrogens (tertiary/aromatic N) is 1. The number of piperidine rings is 3. The lowest BCUT2D eigenvalue weighted by molar-refractivity contribution is 0.0974. The van der Waals surface area contributed by atoms with Gasteiger partial charge in [0.1, 0.15) is 11.6 Å². The third kappa shape index (κ3) is 2.17. The van der Waals surface area contributed by atoms with Crippen LogP contribution in [0.2, 0.25) is 0 Å². The van der Waals surface area contributed by atoms with E-state index in [1.165, 1.54) is 38.1 Å². The fourth-order valence-corrected chi connectivity index (χ4v) is 3.11. The van der Waals surface area contributed by atoms with Gasteiger partial charge >= 0.3 is 0 Å². The van der Waals surface area contributed by atoms with Crippen LogP contribution in [0.3, 0.4) is 0 Å². The third-order valence-electron chi connectivity index (χ3n) is 4.16. The highest BCUT2D eigenvalue weighted by Gasteiger charge is 2.34. The molecule has 3 fully saturated rings. The number of benzene rings is 1. The molecule has 0 aliphatic carbocycles. The molecule has 1 aromatic rings. The van der Waals surface area contributed by atoms with E-state index in [9.17, 15) is 4.39 Å². The lowest BCUT2D eigenvalue weighted by Crippen LogP contribution is -2.53. The molecule has 3 aliphatic rings. The zero-order valence-electron chi connectivity index (χ0n) is 10.7. The third-order valence-corrected chi connectivity index (χ3v) is 4.16. The van der Waals surface area contributed by atoms with Crippen LogP contribution in [0.25, 0.3) is 0 Å². The van der Waals surface area contributed by atoms with Gasteiger partial charge < -0.3 is 15.0 Å². The van der Waals surface area contributed by atoms with Gasteiger partial charge in [-0.25, -0.2) is 4.39 Å². The van der Waals surface area contributed by atoms with Crippen molar-refractivity contribution in [1.82, 2.24) is 4.90 Å². The van der Waals surface area contributed by atoms with E-state index < -0.39 is 0 Å². The first kappa shape index (κ1) is 11.8. The highest BCUT2D eigenvalue weighted by Crippen LogP contribution is 2.32. The molecule has 0 aromatic heterocycles. The van der Waals surface area contributed by atoms with E-state index in [2.05, 4.69) is 10.2 Å². The quantitative estimate of drug-likeness (QED) is 0.891. The molecule has 0 spiro atoms. The van der Waals surface area contributed by atoms with Crippen LogP contribution in [0.1, 0.15) is 12.8 Å². The summed E-state index contributed by atoms with van der Waals surface area (Å²) in [6.07, 6.45) is 2.53. The predicted molar refractivity (Wildman–Crippen MR) is 69.5 cm³/mol. The first-order chi connectivity index (χ1) is 8.76. The number of hydrogen-bond donors (Lipinski definition) is 1. The molecule has 3 heterocycles. The molecule has 3 aliphatic heterocycles. The van der Waals surface area contributed by atoms with E-state index in [0.717, 1.165) is 18.2 Å². The molecule has 2 bridgehead atoms. The highest BCUT2D eigenvalue weighted by molar-refractivity contribution is 5.57. The molecule has 98 valence electrons. The molecule has 18 heavy (non-hydrogen) atoms. The lowest BCUT2D eigenvalue weighted by Gasteiger charge is -2.45. The second kappa shape index (κ2) is 4.76. The average Bonchev–Trinajstić information content (AvgIpc) is 2.42. The Morgan fingerprint density at radius 1 is 1.33 bits per heavy atom. The van der Waals surface area contributed by atoms with E-state index in [1.807, 2.05) is 0 Å². The van der Waals surface area contributed by atoms with Gasteiger partial charge in [0.05, 0.1) is 12.8 Å². The van der Waals surface area contributed by atoms with Crippen LogP contribution < -0.4 is 10.1 Å². The summed E-state index contributed by atoms with van der Waals surface area (Å²) in [5.41, 5.74) is 0.901. The van der Waals surface area contributed by atoms with Crippen molar-refractivity contribution in [2.45, 2.75) is 18.9 Å². The summed E-state index contributed by atoms with van der Waals surface area (Å²) >= 11 is 0. The minimum Gasteiger partial charge on any atom is -0.494 e. The fraction of sp³-hybridized carbons (Fsp3) is 0.571. The zero-order chi connectivity index (χ0) is 12.5. The molecule has 1 aromatic carbocycles. The summed E-state index contributed by atoms with van der Waals surface area (Å²) in [4.78, 5) is 2.49. The molecule has 0 saturated carbocycles. The van der Waals surface area contributed by atoms with Crippen molar-refractivity contribution in [2.75, 3.05) is 32.1 Å². The van der Waals surface area contributed by atoms with Crippen molar-refractivity contribution in [1.29, 1.82) is 0 Å². The molecule has 3 saturated heterocycles. The second-order valence-electron chi connectivity index (χ2n) is 5.23. The summed E-state index contributed by atoms with van der Waals surface area (Å²) in [5.74, 6) is 1.07. The van der Waals surface area contributed by atoms with Crippen LogP contribution in [0.4, 0.5) is 10.1 Å². The maximum Gasteiger partial charge on any atom is 0.144 e.